The van der Waals surface area contributed by atoms with E-state index in [0.29, 0.717) is 6.04 Å². The van der Waals surface area contributed by atoms with Crippen molar-refractivity contribution in [2.24, 2.45) is 5.92 Å². The molecule has 0 radical (unpaired) electrons. The quantitative estimate of drug-likeness (QED) is 0.834. The van der Waals surface area contributed by atoms with Crippen molar-refractivity contribution < 1.29 is 0 Å². The van der Waals surface area contributed by atoms with E-state index in [4.69, 9.17) is 5.26 Å². The summed E-state index contributed by atoms with van der Waals surface area (Å²) in [6.45, 7) is 4.39. The van der Waals surface area contributed by atoms with E-state index in [1.165, 1.54) is 31.2 Å². The van der Waals surface area contributed by atoms with Crippen LogP contribution in [0.3, 0.4) is 0 Å². The molecule has 1 aromatic carbocycles. The molecule has 0 unspecified atom stereocenters. The number of para-hydroxylation sites is 1. The Kier molecular flexibility index (Phi) is 3.68. The fourth-order valence-corrected chi connectivity index (χ4v) is 2.56. The Bertz CT molecular complexity index is 423. The Morgan fingerprint density at radius 2 is 1.94 bits per heavy atom. The van der Waals surface area contributed by atoms with E-state index in [-0.39, 0.29) is 0 Å². The van der Waals surface area contributed by atoms with Gasteiger partial charge in [0.15, 0.2) is 0 Å². The van der Waals surface area contributed by atoms with E-state index >= 15 is 0 Å². The van der Waals surface area contributed by atoms with E-state index in [1.807, 2.05) is 12.1 Å². The van der Waals surface area contributed by atoms with Gasteiger partial charge in [0.05, 0.1) is 11.3 Å². The number of aryl methyl sites for hydroxylation is 1. The van der Waals surface area contributed by atoms with E-state index in [0.717, 1.165) is 17.2 Å². The van der Waals surface area contributed by atoms with Gasteiger partial charge < -0.3 is 5.32 Å². The molecule has 0 saturated heterocycles. The third-order valence-electron chi connectivity index (χ3n) is 3.76. The average molecular weight is 228 g/mol. The monoisotopic (exact) mass is 228 g/mol. The minimum atomic E-state index is 0.541. The molecule has 2 heteroatoms. The van der Waals surface area contributed by atoms with Gasteiger partial charge in [-0.15, -0.1) is 0 Å². The first-order valence-corrected chi connectivity index (χ1v) is 6.47. The molecule has 0 heterocycles. The number of nitrogens with one attached hydrogen (secondary N) is 1. The Labute approximate surface area is 104 Å². The van der Waals surface area contributed by atoms with Gasteiger partial charge in [-0.3, -0.25) is 0 Å². The van der Waals surface area contributed by atoms with Crippen LogP contribution >= 0.6 is 0 Å². The van der Waals surface area contributed by atoms with E-state index < -0.39 is 0 Å². The first-order chi connectivity index (χ1) is 8.20. The highest BCUT2D eigenvalue weighted by Gasteiger charge is 2.19. The summed E-state index contributed by atoms with van der Waals surface area (Å²) < 4.78 is 0. The zero-order chi connectivity index (χ0) is 12.3. The first kappa shape index (κ1) is 12.0. The maximum Gasteiger partial charge on any atom is 0.101 e. The first-order valence-electron chi connectivity index (χ1n) is 6.47. The molecule has 0 spiro atoms. The van der Waals surface area contributed by atoms with Crippen LogP contribution < -0.4 is 5.32 Å². The highest BCUT2D eigenvalue weighted by molar-refractivity contribution is 5.62. The van der Waals surface area contributed by atoms with Crippen molar-refractivity contribution in [2.45, 2.75) is 45.6 Å². The Morgan fingerprint density at radius 1 is 1.24 bits per heavy atom. The number of benzene rings is 1. The van der Waals surface area contributed by atoms with Crippen LogP contribution in [0.1, 0.15) is 43.7 Å². The minimum Gasteiger partial charge on any atom is -0.381 e. The van der Waals surface area contributed by atoms with Crippen molar-refractivity contribution >= 4 is 5.69 Å². The summed E-state index contributed by atoms with van der Waals surface area (Å²) in [6, 6.07) is 8.71. The molecule has 0 aliphatic heterocycles. The lowest BCUT2D eigenvalue weighted by Gasteiger charge is -2.28. The van der Waals surface area contributed by atoms with Crippen LogP contribution in [0.5, 0.6) is 0 Å². The van der Waals surface area contributed by atoms with Crippen LogP contribution in [0.4, 0.5) is 5.69 Å². The van der Waals surface area contributed by atoms with Gasteiger partial charge in [0.2, 0.25) is 0 Å². The Hall–Kier alpha value is -1.49. The van der Waals surface area contributed by atoms with Gasteiger partial charge in [-0.1, -0.05) is 19.1 Å². The largest absolute Gasteiger partial charge is 0.381 e. The van der Waals surface area contributed by atoms with Gasteiger partial charge in [0, 0.05) is 6.04 Å². The second-order valence-corrected chi connectivity index (χ2v) is 5.21. The van der Waals surface area contributed by atoms with Crippen LogP contribution in [0.25, 0.3) is 0 Å². The predicted molar refractivity (Wildman–Crippen MR) is 70.9 cm³/mol. The zero-order valence-electron chi connectivity index (χ0n) is 10.7. The van der Waals surface area contributed by atoms with Crippen molar-refractivity contribution in [2.75, 3.05) is 5.32 Å². The predicted octanol–water partition coefficient (Wildman–Crippen LogP) is 3.86. The topological polar surface area (TPSA) is 35.8 Å². The number of rotatable bonds is 2. The summed E-state index contributed by atoms with van der Waals surface area (Å²) in [5, 5.41) is 12.7. The molecular weight excluding hydrogens is 208 g/mol. The molecule has 1 fully saturated rings. The molecule has 0 atom stereocenters. The van der Waals surface area contributed by atoms with Gasteiger partial charge in [-0.2, -0.15) is 5.26 Å². The highest BCUT2D eigenvalue weighted by atomic mass is 14.9. The van der Waals surface area contributed by atoms with Crippen LogP contribution in [0.2, 0.25) is 0 Å². The normalized spacial score (nSPS) is 24.1. The molecule has 2 nitrogen and oxygen atoms in total. The van der Waals surface area contributed by atoms with Gasteiger partial charge in [0.1, 0.15) is 6.07 Å². The number of nitrogens with zero attached hydrogens (tertiary/aromatic N) is 1. The van der Waals surface area contributed by atoms with Crippen LogP contribution in [-0.2, 0) is 0 Å². The molecule has 0 aromatic heterocycles. The molecule has 1 aromatic rings. The number of hydrogen-bond acceptors (Lipinski definition) is 2. The zero-order valence-corrected chi connectivity index (χ0v) is 10.7. The molecule has 0 bridgehead atoms. The van der Waals surface area contributed by atoms with Crippen molar-refractivity contribution in [3.63, 3.8) is 0 Å². The summed E-state index contributed by atoms with van der Waals surface area (Å²) in [5.74, 6) is 0.861. The van der Waals surface area contributed by atoms with E-state index in [9.17, 15) is 0 Å². The lowest BCUT2D eigenvalue weighted by Crippen LogP contribution is -2.25. The molecule has 90 valence electrons. The lowest BCUT2D eigenvalue weighted by molar-refractivity contribution is 0.361. The third kappa shape index (κ3) is 2.79. The summed E-state index contributed by atoms with van der Waals surface area (Å²) >= 11 is 0. The molecule has 17 heavy (non-hydrogen) atoms. The smallest absolute Gasteiger partial charge is 0.101 e. The molecule has 2 rings (SSSR count). The SMILES string of the molecule is Cc1cccc(C#N)c1NC1CCC(C)CC1. The number of nitriles is 1. The average Bonchev–Trinajstić information content (AvgIpc) is 2.34. The van der Waals surface area contributed by atoms with Gasteiger partial charge in [0.25, 0.3) is 0 Å². The second-order valence-electron chi connectivity index (χ2n) is 5.21. The van der Waals surface area contributed by atoms with E-state index in [1.54, 1.807) is 0 Å². The summed E-state index contributed by atoms with van der Waals surface area (Å²) in [7, 11) is 0. The van der Waals surface area contributed by atoms with E-state index in [2.05, 4.69) is 31.3 Å². The Morgan fingerprint density at radius 3 is 2.59 bits per heavy atom. The summed E-state index contributed by atoms with van der Waals surface area (Å²) in [5.41, 5.74) is 2.97. The molecular formula is C15H20N2. The Balaban J connectivity index is 2.11. The maximum absolute atomic E-state index is 9.12. The van der Waals surface area contributed by atoms with Crippen LogP contribution in [0, 0.1) is 24.2 Å². The fraction of sp³-hybridized carbons (Fsp3) is 0.533. The van der Waals surface area contributed by atoms with Gasteiger partial charge >= 0.3 is 0 Å². The van der Waals surface area contributed by atoms with Crippen molar-refractivity contribution in [1.82, 2.24) is 0 Å². The minimum absolute atomic E-state index is 0.541. The molecule has 1 aliphatic carbocycles. The van der Waals surface area contributed by atoms with Crippen molar-refractivity contribution in [3.8, 4) is 6.07 Å². The molecule has 1 N–H and O–H groups in total. The molecule has 1 saturated carbocycles. The van der Waals surface area contributed by atoms with Gasteiger partial charge in [-0.25, -0.2) is 0 Å². The third-order valence-corrected chi connectivity index (χ3v) is 3.76. The standard InChI is InChI=1S/C15H20N2/c1-11-6-8-14(9-7-11)17-15-12(2)4-3-5-13(15)10-16/h3-5,11,14,17H,6-9H2,1-2H3. The van der Waals surface area contributed by atoms with Gasteiger partial charge in [-0.05, 0) is 50.2 Å². The van der Waals surface area contributed by atoms with Crippen LogP contribution in [-0.4, -0.2) is 6.04 Å². The highest BCUT2D eigenvalue weighted by Crippen LogP contribution is 2.28. The second kappa shape index (κ2) is 5.23. The van der Waals surface area contributed by atoms with Crippen molar-refractivity contribution in [1.29, 1.82) is 5.26 Å². The summed E-state index contributed by atoms with van der Waals surface area (Å²) in [4.78, 5) is 0. The summed E-state index contributed by atoms with van der Waals surface area (Å²) in [6.07, 6.45) is 5.04. The molecule has 0 amide bonds. The maximum atomic E-state index is 9.12. The fourth-order valence-electron chi connectivity index (χ4n) is 2.56. The van der Waals surface area contributed by atoms with Crippen LogP contribution in [0.15, 0.2) is 18.2 Å². The molecule has 1 aliphatic rings. The van der Waals surface area contributed by atoms with Crippen molar-refractivity contribution in [3.05, 3.63) is 29.3 Å². The number of anilines is 1. The number of hydrogen-bond donors (Lipinski definition) is 1. The lowest BCUT2D eigenvalue weighted by atomic mass is 9.87.